The zero-order chi connectivity index (χ0) is 6.69. The molecule has 5 N–H and O–H groups in total. The number of aromatic amines is 1. The molecule has 0 aliphatic carbocycles. The Balaban J connectivity index is 2.74. The highest BCUT2D eigenvalue weighted by Gasteiger charge is 1.92. The summed E-state index contributed by atoms with van der Waals surface area (Å²) in [5.74, 6) is 0. The van der Waals surface area contributed by atoms with E-state index in [0.29, 0.717) is 13.1 Å². The molecule has 0 radical (unpaired) electrons. The maximum Gasteiger partial charge on any atom is 0.0332 e. The second kappa shape index (κ2) is 2.66. The first kappa shape index (κ1) is 6.32. The maximum absolute atomic E-state index is 5.36. The van der Waals surface area contributed by atoms with Gasteiger partial charge in [-0.1, -0.05) is 0 Å². The van der Waals surface area contributed by atoms with Crippen molar-refractivity contribution in [2.24, 2.45) is 11.5 Å². The molecule has 3 nitrogen and oxygen atoms in total. The van der Waals surface area contributed by atoms with Gasteiger partial charge in [0.2, 0.25) is 0 Å². The van der Waals surface area contributed by atoms with E-state index in [2.05, 4.69) is 4.98 Å². The molecule has 0 saturated carbocycles. The van der Waals surface area contributed by atoms with Gasteiger partial charge in [0.05, 0.1) is 0 Å². The summed E-state index contributed by atoms with van der Waals surface area (Å²) < 4.78 is 0. The SMILES string of the molecule is NCc1c[nH]c(CN)c1. The molecule has 0 aromatic carbocycles. The highest BCUT2D eigenvalue weighted by molar-refractivity contribution is 5.15. The highest BCUT2D eigenvalue weighted by atomic mass is 14.7. The lowest BCUT2D eigenvalue weighted by Gasteiger charge is -1.84. The van der Waals surface area contributed by atoms with Crippen LogP contribution >= 0.6 is 0 Å². The monoisotopic (exact) mass is 125 g/mol. The van der Waals surface area contributed by atoms with Gasteiger partial charge in [-0.05, 0) is 11.6 Å². The van der Waals surface area contributed by atoms with Gasteiger partial charge in [-0.2, -0.15) is 0 Å². The minimum atomic E-state index is 0.556. The Bertz CT molecular complexity index is 162. The third kappa shape index (κ3) is 1.31. The fourth-order valence-corrected chi connectivity index (χ4v) is 0.728. The predicted molar refractivity (Wildman–Crippen MR) is 36.6 cm³/mol. The van der Waals surface area contributed by atoms with Gasteiger partial charge in [0.25, 0.3) is 0 Å². The zero-order valence-electron chi connectivity index (χ0n) is 5.22. The lowest BCUT2D eigenvalue weighted by molar-refractivity contribution is 1.01. The van der Waals surface area contributed by atoms with Crippen LogP contribution in [-0.4, -0.2) is 4.98 Å². The van der Waals surface area contributed by atoms with Gasteiger partial charge in [-0.25, -0.2) is 0 Å². The smallest absolute Gasteiger partial charge is 0.0332 e. The first-order valence-electron chi connectivity index (χ1n) is 2.93. The van der Waals surface area contributed by atoms with Crippen molar-refractivity contribution in [2.75, 3.05) is 0 Å². The molecule has 0 aliphatic rings. The Kier molecular flexibility index (Phi) is 1.87. The fraction of sp³-hybridized carbons (Fsp3) is 0.333. The second-order valence-electron chi connectivity index (χ2n) is 1.94. The van der Waals surface area contributed by atoms with Crippen molar-refractivity contribution < 1.29 is 0 Å². The predicted octanol–water partition coefficient (Wildman–Crippen LogP) is -0.0679. The lowest BCUT2D eigenvalue weighted by atomic mass is 10.3. The van der Waals surface area contributed by atoms with Crippen LogP contribution in [0.3, 0.4) is 0 Å². The van der Waals surface area contributed by atoms with E-state index >= 15 is 0 Å². The van der Waals surface area contributed by atoms with Gasteiger partial charge in [0.1, 0.15) is 0 Å². The Labute approximate surface area is 54.1 Å². The molecule has 0 unspecified atom stereocenters. The Hall–Kier alpha value is -0.800. The van der Waals surface area contributed by atoms with Crippen LogP contribution in [0.1, 0.15) is 11.3 Å². The van der Waals surface area contributed by atoms with E-state index in [-0.39, 0.29) is 0 Å². The van der Waals surface area contributed by atoms with E-state index in [0.717, 1.165) is 11.3 Å². The van der Waals surface area contributed by atoms with Crippen LogP contribution in [0.25, 0.3) is 0 Å². The Morgan fingerprint density at radius 2 is 2.11 bits per heavy atom. The van der Waals surface area contributed by atoms with Crippen molar-refractivity contribution in [3.63, 3.8) is 0 Å². The van der Waals surface area contributed by atoms with Crippen LogP contribution < -0.4 is 11.5 Å². The van der Waals surface area contributed by atoms with Crippen molar-refractivity contribution in [1.29, 1.82) is 0 Å². The van der Waals surface area contributed by atoms with Gasteiger partial charge in [0, 0.05) is 25.0 Å². The van der Waals surface area contributed by atoms with Crippen molar-refractivity contribution in [1.82, 2.24) is 4.98 Å². The molecule has 1 heterocycles. The summed E-state index contributed by atoms with van der Waals surface area (Å²) in [4.78, 5) is 3.00. The number of H-pyrrole nitrogens is 1. The van der Waals surface area contributed by atoms with Crippen molar-refractivity contribution in [3.05, 3.63) is 23.5 Å². The molecule has 1 aromatic rings. The number of aromatic nitrogens is 1. The van der Waals surface area contributed by atoms with Crippen LogP contribution in [0, 0.1) is 0 Å². The molecule has 0 bridgehead atoms. The summed E-state index contributed by atoms with van der Waals surface area (Å²) in [5.41, 5.74) is 12.8. The molecule has 0 amide bonds. The van der Waals surface area contributed by atoms with Crippen LogP contribution in [0.15, 0.2) is 12.3 Å². The average Bonchev–Trinajstić information content (AvgIpc) is 2.34. The van der Waals surface area contributed by atoms with E-state index in [1.165, 1.54) is 0 Å². The van der Waals surface area contributed by atoms with Crippen molar-refractivity contribution in [3.8, 4) is 0 Å². The largest absolute Gasteiger partial charge is 0.364 e. The van der Waals surface area contributed by atoms with Gasteiger partial charge in [0.15, 0.2) is 0 Å². The fourth-order valence-electron chi connectivity index (χ4n) is 0.728. The van der Waals surface area contributed by atoms with Crippen LogP contribution in [0.2, 0.25) is 0 Å². The average molecular weight is 125 g/mol. The first-order chi connectivity index (χ1) is 4.36. The number of rotatable bonds is 2. The molecule has 1 aromatic heterocycles. The summed E-state index contributed by atoms with van der Waals surface area (Å²) in [6, 6.07) is 1.97. The van der Waals surface area contributed by atoms with Crippen LogP contribution in [0.5, 0.6) is 0 Å². The number of nitrogens with two attached hydrogens (primary N) is 2. The van der Waals surface area contributed by atoms with Crippen molar-refractivity contribution in [2.45, 2.75) is 13.1 Å². The summed E-state index contributed by atoms with van der Waals surface area (Å²) in [6.45, 7) is 1.14. The van der Waals surface area contributed by atoms with E-state index in [1.54, 1.807) is 0 Å². The van der Waals surface area contributed by atoms with Gasteiger partial charge < -0.3 is 16.5 Å². The van der Waals surface area contributed by atoms with Gasteiger partial charge >= 0.3 is 0 Å². The van der Waals surface area contributed by atoms with Gasteiger partial charge in [-0.3, -0.25) is 0 Å². The van der Waals surface area contributed by atoms with E-state index in [1.807, 2.05) is 12.3 Å². The quantitative estimate of drug-likeness (QED) is 0.518. The van der Waals surface area contributed by atoms with E-state index < -0.39 is 0 Å². The topological polar surface area (TPSA) is 67.8 Å². The normalized spacial score (nSPS) is 10.0. The molecule has 3 heteroatoms. The molecule has 50 valence electrons. The van der Waals surface area contributed by atoms with Crippen LogP contribution in [-0.2, 0) is 13.1 Å². The number of nitrogens with one attached hydrogen (secondary N) is 1. The minimum Gasteiger partial charge on any atom is -0.364 e. The lowest BCUT2D eigenvalue weighted by Crippen LogP contribution is -1.96. The molecule has 0 fully saturated rings. The van der Waals surface area contributed by atoms with Crippen molar-refractivity contribution >= 4 is 0 Å². The summed E-state index contributed by atoms with van der Waals surface area (Å²) in [7, 11) is 0. The molecule has 0 saturated heterocycles. The summed E-state index contributed by atoms with van der Waals surface area (Å²) in [6.07, 6.45) is 1.88. The van der Waals surface area contributed by atoms with E-state index in [9.17, 15) is 0 Å². The third-order valence-electron chi connectivity index (χ3n) is 1.26. The summed E-state index contributed by atoms with van der Waals surface area (Å²) in [5, 5.41) is 0. The molecular weight excluding hydrogens is 114 g/mol. The highest BCUT2D eigenvalue weighted by Crippen LogP contribution is 1.99. The Morgan fingerprint density at radius 1 is 1.33 bits per heavy atom. The van der Waals surface area contributed by atoms with Gasteiger partial charge in [-0.15, -0.1) is 0 Å². The molecular formula is C6H11N3. The zero-order valence-corrected chi connectivity index (χ0v) is 5.22. The minimum absolute atomic E-state index is 0.556. The first-order valence-corrected chi connectivity index (χ1v) is 2.93. The molecule has 9 heavy (non-hydrogen) atoms. The second-order valence-corrected chi connectivity index (χ2v) is 1.94. The molecule has 0 spiro atoms. The van der Waals surface area contributed by atoms with E-state index in [4.69, 9.17) is 11.5 Å². The maximum atomic E-state index is 5.36. The Morgan fingerprint density at radius 3 is 2.44 bits per heavy atom. The number of hydrogen-bond acceptors (Lipinski definition) is 2. The molecule has 0 aliphatic heterocycles. The summed E-state index contributed by atoms with van der Waals surface area (Å²) >= 11 is 0. The van der Waals surface area contributed by atoms with Crippen LogP contribution in [0.4, 0.5) is 0 Å². The molecule has 0 atom stereocenters. The standard InChI is InChI=1S/C6H11N3/c7-2-5-1-6(3-8)9-4-5/h1,4,9H,2-3,7-8H2. The number of hydrogen-bond donors (Lipinski definition) is 3. The molecule has 1 rings (SSSR count). The third-order valence-corrected chi connectivity index (χ3v) is 1.26.